The molecule has 1 atom stereocenters. The van der Waals surface area contributed by atoms with Crippen molar-refractivity contribution in [3.8, 4) is 11.3 Å². The average molecular weight is 351 g/mol. The maximum Gasteiger partial charge on any atom is 0.154 e. The predicted molar refractivity (Wildman–Crippen MR) is 103 cm³/mol. The first-order valence-corrected chi connectivity index (χ1v) is 9.31. The zero-order valence-electron chi connectivity index (χ0n) is 15.3. The van der Waals surface area contributed by atoms with Crippen LogP contribution in [0.25, 0.3) is 22.3 Å². The van der Waals surface area contributed by atoms with E-state index in [2.05, 4.69) is 39.5 Å². The summed E-state index contributed by atoms with van der Waals surface area (Å²) < 4.78 is 1.94. The number of piperidine rings is 1. The molecule has 1 fully saturated rings. The van der Waals surface area contributed by atoms with E-state index in [-0.39, 0.29) is 0 Å². The van der Waals surface area contributed by atoms with E-state index in [0.29, 0.717) is 12.0 Å². The lowest BCUT2D eigenvalue weighted by Gasteiger charge is -2.23. The Hall–Kier alpha value is -2.54. The fraction of sp³-hybridized carbons (Fsp3) is 0.474. The molecule has 1 aliphatic heterocycles. The molecule has 0 amide bonds. The highest BCUT2D eigenvalue weighted by atomic mass is 15.3. The molecule has 0 spiro atoms. The number of anilines is 1. The second kappa shape index (κ2) is 7.37. The van der Waals surface area contributed by atoms with Gasteiger partial charge in [0, 0.05) is 36.7 Å². The van der Waals surface area contributed by atoms with E-state index in [1.807, 2.05) is 23.1 Å². The van der Waals surface area contributed by atoms with Crippen molar-refractivity contribution >= 4 is 16.9 Å². The third-order valence-electron chi connectivity index (χ3n) is 4.84. The highest BCUT2D eigenvalue weighted by molar-refractivity contribution is 5.88. The molecule has 4 rings (SSSR count). The van der Waals surface area contributed by atoms with Crippen molar-refractivity contribution in [2.45, 2.75) is 32.7 Å². The quantitative estimate of drug-likeness (QED) is 0.736. The molecule has 2 N–H and O–H groups in total. The molecule has 1 saturated heterocycles. The van der Waals surface area contributed by atoms with Gasteiger partial charge in [-0.25, -0.2) is 9.97 Å². The number of nitrogens with zero attached hydrogens (tertiary/aromatic N) is 5. The summed E-state index contributed by atoms with van der Waals surface area (Å²) in [5.74, 6) is 1.41. The van der Waals surface area contributed by atoms with Gasteiger partial charge in [0.15, 0.2) is 5.82 Å². The van der Waals surface area contributed by atoms with Crippen molar-refractivity contribution in [3.05, 3.63) is 30.9 Å². The highest BCUT2D eigenvalue weighted by Gasteiger charge is 2.15. The average Bonchev–Trinajstić information content (AvgIpc) is 3.17. The second-order valence-electron chi connectivity index (χ2n) is 7.18. The number of hydrogen-bond acceptors (Lipinski definition) is 6. The van der Waals surface area contributed by atoms with Crippen LogP contribution >= 0.6 is 0 Å². The summed E-state index contributed by atoms with van der Waals surface area (Å²) in [6.07, 6.45) is 9.80. The Morgan fingerprint density at radius 1 is 1.31 bits per heavy atom. The number of rotatable bonds is 5. The van der Waals surface area contributed by atoms with Crippen LogP contribution in [0.15, 0.2) is 30.9 Å². The van der Waals surface area contributed by atoms with Gasteiger partial charge in [-0.05, 0) is 51.8 Å². The van der Waals surface area contributed by atoms with Crippen molar-refractivity contribution in [2.24, 2.45) is 5.92 Å². The summed E-state index contributed by atoms with van der Waals surface area (Å²) in [5.41, 5.74) is 3.53. The molecule has 3 aromatic heterocycles. The highest BCUT2D eigenvalue weighted by Crippen LogP contribution is 2.26. The summed E-state index contributed by atoms with van der Waals surface area (Å²) in [7, 11) is 0. The largest absolute Gasteiger partial charge is 0.368 e. The van der Waals surface area contributed by atoms with Crippen molar-refractivity contribution in [1.29, 1.82) is 0 Å². The van der Waals surface area contributed by atoms with Crippen LogP contribution < -0.4 is 10.6 Å². The van der Waals surface area contributed by atoms with Gasteiger partial charge in [0.25, 0.3) is 0 Å². The molecule has 3 aromatic rings. The minimum absolute atomic E-state index is 0.320. The smallest absolute Gasteiger partial charge is 0.154 e. The molecular weight excluding hydrogens is 326 g/mol. The summed E-state index contributed by atoms with van der Waals surface area (Å²) in [4.78, 5) is 13.8. The van der Waals surface area contributed by atoms with Crippen LogP contribution in [0.1, 0.15) is 32.7 Å². The first-order valence-electron chi connectivity index (χ1n) is 9.31. The van der Waals surface area contributed by atoms with Crippen molar-refractivity contribution in [2.75, 3.05) is 25.0 Å². The molecule has 1 aliphatic rings. The summed E-state index contributed by atoms with van der Waals surface area (Å²) in [6.45, 7) is 7.29. The lowest BCUT2D eigenvalue weighted by atomic mass is 10.00. The van der Waals surface area contributed by atoms with E-state index in [0.717, 1.165) is 47.7 Å². The van der Waals surface area contributed by atoms with Gasteiger partial charge in [-0.1, -0.05) is 0 Å². The minimum Gasteiger partial charge on any atom is -0.368 e. The standard InChI is InChI=1S/C19H25N7/c1-13(2)26-12-15(11-24-26)16-8-17-18(22-7-6-21-17)19(25-16)23-10-14-4-3-5-20-9-14/h6-8,11-14,20H,3-5,9-10H2,1-2H3,(H,23,25)/t14-/m1/s1. The number of aromatic nitrogens is 5. The SMILES string of the molecule is CC(C)n1cc(-c2cc3nccnc3c(NC[C@@H]3CCCNC3)n2)cn1. The van der Waals surface area contributed by atoms with Crippen LogP contribution in [0.2, 0.25) is 0 Å². The van der Waals surface area contributed by atoms with E-state index >= 15 is 0 Å². The Morgan fingerprint density at radius 3 is 2.96 bits per heavy atom. The monoisotopic (exact) mass is 351 g/mol. The van der Waals surface area contributed by atoms with Crippen LogP contribution in [0.5, 0.6) is 0 Å². The molecule has 136 valence electrons. The van der Waals surface area contributed by atoms with Crippen molar-refractivity contribution < 1.29 is 0 Å². The lowest BCUT2D eigenvalue weighted by Crippen LogP contribution is -2.33. The molecule has 0 unspecified atom stereocenters. The molecule has 7 heteroatoms. The molecule has 7 nitrogen and oxygen atoms in total. The topological polar surface area (TPSA) is 80.5 Å². The van der Waals surface area contributed by atoms with Crippen LogP contribution in [0.3, 0.4) is 0 Å². The number of nitrogens with one attached hydrogen (secondary N) is 2. The Morgan fingerprint density at radius 2 is 2.19 bits per heavy atom. The predicted octanol–water partition coefficient (Wildman–Crippen LogP) is 2.88. The summed E-state index contributed by atoms with van der Waals surface area (Å²) in [5, 5.41) is 11.4. The van der Waals surface area contributed by atoms with Crippen molar-refractivity contribution in [1.82, 2.24) is 30.0 Å². The van der Waals surface area contributed by atoms with E-state index < -0.39 is 0 Å². The third-order valence-corrected chi connectivity index (χ3v) is 4.84. The van der Waals surface area contributed by atoms with Crippen molar-refractivity contribution in [3.63, 3.8) is 0 Å². The fourth-order valence-corrected chi connectivity index (χ4v) is 3.34. The Labute approximate surface area is 153 Å². The van der Waals surface area contributed by atoms with Gasteiger partial charge in [-0.3, -0.25) is 9.67 Å². The zero-order valence-corrected chi connectivity index (χ0v) is 15.3. The van der Waals surface area contributed by atoms with Gasteiger partial charge < -0.3 is 10.6 Å². The number of hydrogen-bond donors (Lipinski definition) is 2. The molecule has 4 heterocycles. The third kappa shape index (κ3) is 3.53. The first-order chi connectivity index (χ1) is 12.7. The number of fused-ring (bicyclic) bond motifs is 1. The van der Waals surface area contributed by atoms with E-state index in [1.165, 1.54) is 12.8 Å². The van der Waals surface area contributed by atoms with Crippen LogP contribution in [0.4, 0.5) is 5.82 Å². The van der Waals surface area contributed by atoms with Gasteiger partial charge in [0.1, 0.15) is 5.52 Å². The van der Waals surface area contributed by atoms with E-state index in [9.17, 15) is 0 Å². The summed E-state index contributed by atoms with van der Waals surface area (Å²) >= 11 is 0. The van der Waals surface area contributed by atoms with Crippen LogP contribution in [0, 0.1) is 5.92 Å². The Balaban J connectivity index is 1.65. The molecule has 0 aliphatic carbocycles. The second-order valence-corrected chi connectivity index (χ2v) is 7.18. The molecule has 0 bridgehead atoms. The zero-order chi connectivity index (χ0) is 17.9. The van der Waals surface area contributed by atoms with Gasteiger partial charge >= 0.3 is 0 Å². The maximum atomic E-state index is 4.84. The van der Waals surface area contributed by atoms with Gasteiger partial charge in [0.05, 0.1) is 17.4 Å². The van der Waals surface area contributed by atoms with Crippen LogP contribution in [-0.4, -0.2) is 44.4 Å². The maximum absolute atomic E-state index is 4.84. The Kier molecular flexibility index (Phi) is 4.79. The number of pyridine rings is 1. The molecule has 26 heavy (non-hydrogen) atoms. The van der Waals surface area contributed by atoms with E-state index in [1.54, 1.807) is 12.4 Å². The summed E-state index contributed by atoms with van der Waals surface area (Å²) in [6, 6.07) is 2.30. The van der Waals surface area contributed by atoms with Crippen LogP contribution in [-0.2, 0) is 0 Å². The van der Waals surface area contributed by atoms with Gasteiger partial charge in [-0.2, -0.15) is 5.10 Å². The molecule has 0 radical (unpaired) electrons. The lowest BCUT2D eigenvalue weighted by molar-refractivity contribution is 0.392. The fourth-order valence-electron chi connectivity index (χ4n) is 3.34. The molecule has 0 saturated carbocycles. The van der Waals surface area contributed by atoms with Gasteiger partial charge in [0.2, 0.25) is 0 Å². The normalized spacial score (nSPS) is 17.7. The Bertz CT molecular complexity index is 880. The van der Waals surface area contributed by atoms with Gasteiger partial charge in [-0.15, -0.1) is 0 Å². The van der Waals surface area contributed by atoms with E-state index in [4.69, 9.17) is 4.98 Å². The molecular formula is C19H25N7. The first kappa shape index (κ1) is 16.9. The molecule has 0 aromatic carbocycles. The minimum atomic E-state index is 0.320.